The average molecular weight is 359 g/mol. The zero-order valence-electron chi connectivity index (χ0n) is 15.5. The number of thioether (sulfide) groups is 1. The predicted molar refractivity (Wildman–Crippen MR) is 103 cm³/mol. The monoisotopic (exact) mass is 358 g/mol. The van der Waals surface area contributed by atoms with E-state index in [2.05, 4.69) is 32.9 Å². The molecule has 134 valence electrons. The first-order valence-corrected chi connectivity index (χ1v) is 9.69. The quantitative estimate of drug-likeness (QED) is 0.549. The van der Waals surface area contributed by atoms with Crippen LogP contribution in [0.5, 0.6) is 0 Å². The van der Waals surface area contributed by atoms with Crippen molar-refractivity contribution in [2.24, 2.45) is 5.41 Å². The van der Waals surface area contributed by atoms with Crippen molar-refractivity contribution >= 4 is 28.4 Å². The van der Waals surface area contributed by atoms with Crippen molar-refractivity contribution in [2.75, 3.05) is 0 Å². The van der Waals surface area contributed by atoms with Crippen LogP contribution < -0.4 is 0 Å². The molecule has 0 bridgehead atoms. The molecule has 1 saturated carbocycles. The Bertz CT molecular complexity index is 692. The molecule has 1 aliphatic carbocycles. The molecule has 1 fully saturated rings. The lowest BCUT2D eigenvalue weighted by Crippen LogP contribution is -2.28. The molecule has 2 rings (SSSR count). The summed E-state index contributed by atoms with van der Waals surface area (Å²) in [6.07, 6.45) is 5.15. The first-order valence-electron chi connectivity index (χ1n) is 8.70. The SMILES string of the molecule is Cc1cc(C)c(CSC(=O)/C=C/CCC2(C)C(=O)CCC2=O)c(C)c1. The summed E-state index contributed by atoms with van der Waals surface area (Å²) >= 11 is 1.29. The third-order valence-electron chi connectivity index (χ3n) is 5.07. The molecule has 0 N–H and O–H groups in total. The summed E-state index contributed by atoms with van der Waals surface area (Å²) in [5.74, 6) is 0.740. The van der Waals surface area contributed by atoms with Gasteiger partial charge in [0.15, 0.2) is 0 Å². The number of aryl methyl sites for hydroxylation is 3. The average Bonchev–Trinajstić information content (AvgIpc) is 2.78. The first kappa shape index (κ1) is 19.6. The smallest absolute Gasteiger partial charge is 0.212 e. The van der Waals surface area contributed by atoms with E-state index in [1.807, 2.05) is 0 Å². The molecule has 1 aromatic rings. The van der Waals surface area contributed by atoms with Gasteiger partial charge in [0.1, 0.15) is 11.6 Å². The minimum Gasteiger partial charge on any atom is -0.299 e. The number of carbonyl (C=O) groups is 3. The van der Waals surface area contributed by atoms with E-state index >= 15 is 0 Å². The van der Waals surface area contributed by atoms with E-state index in [-0.39, 0.29) is 16.7 Å². The molecular weight excluding hydrogens is 332 g/mol. The van der Waals surface area contributed by atoms with Crippen LogP contribution in [0.2, 0.25) is 0 Å². The fourth-order valence-corrected chi connectivity index (χ4v) is 4.33. The number of hydrogen-bond donors (Lipinski definition) is 0. The molecule has 0 aromatic heterocycles. The first-order chi connectivity index (χ1) is 11.7. The summed E-state index contributed by atoms with van der Waals surface area (Å²) in [6, 6.07) is 4.28. The number of ketones is 2. The Kier molecular flexibility index (Phi) is 6.39. The van der Waals surface area contributed by atoms with Crippen LogP contribution in [0.15, 0.2) is 24.3 Å². The highest BCUT2D eigenvalue weighted by Crippen LogP contribution is 2.35. The zero-order valence-corrected chi connectivity index (χ0v) is 16.3. The number of carbonyl (C=O) groups excluding carboxylic acids is 3. The van der Waals surface area contributed by atoms with Crippen molar-refractivity contribution in [1.29, 1.82) is 0 Å². The van der Waals surface area contributed by atoms with Gasteiger partial charge in [-0.3, -0.25) is 14.4 Å². The fourth-order valence-electron chi connectivity index (χ4n) is 3.39. The normalized spacial score (nSPS) is 16.8. The van der Waals surface area contributed by atoms with Crippen molar-refractivity contribution in [3.63, 3.8) is 0 Å². The topological polar surface area (TPSA) is 51.2 Å². The summed E-state index contributed by atoms with van der Waals surface area (Å²) < 4.78 is 0. The van der Waals surface area contributed by atoms with E-state index in [0.29, 0.717) is 31.4 Å². The molecule has 0 heterocycles. The fraction of sp³-hybridized carbons (Fsp3) is 0.476. The van der Waals surface area contributed by atoms with Crippen molar-refractivity contribution in [1.82, 2.24) is 0 Å². The number of rotatable bonds is 6. The van der Waals surface area contributed by atoms with Gasteiger partial charge in [-0.15, -0.1) is 0 Å². The van der Waals surface area contributed by atoms with Gasteiger partial charge in [0, 0.05) is 18.6 Å². The summed E-state index contributed by atoms with van der Waals surface area (Å²) in [7, 11) is 0. The second-order valence-corrected chi connectivity index (χ2v) is 8.08. The van der Waals surface area contributed by atoms with Crippen LogP contribution in [-0.2, 0) is 20.1 Å². The van der Waals surface area contributed by atoms with Crippen LogP contribution in [0, 0.1) is 26.2 Å². The predicted octanol–water partition coefficient (Wildman–Crippen LogP) is 4.65. The molecule has 0 atom stereocenters. The van der Waals surface area contributed by atoms with Crippen molar-refractivity contribution in [3.8, 4) is 0 Å². The molecular formula is C21H26O3S. The number of Topliss-reactive ketones (excluding diaryl/α,β-unsaturated/α-hetero) is 2. The summed E-state index contributed by atoms with van der Waals surface area (Å²) in [5, 5.41) is 0.00797. The Labute approximate surface area is 154 Å². The van der Waals surface area contributed by atoms with E-state index in [4.69, 9.17) is 0 Å². The molecule has 1 aliphatic rings. The molecule has 0 saturated heterocycles. The van der Waals surface area contributed by atoms with Crippen LogP contribution in [0.25, 0.3) is 0 Å². The second-order valence-electron chi connectivity index (χ2n) is 7.10. The van der Waals surface area contributed by atoms with Gasteiger partial charge in [0.05, 0.1) is 5.41 Å². The molecule has 0 radical (unpaired) electrons. The maximum atomic E-state index is 12.1. The van der Waals surface area contributed by atoms with Crippen LogP contribution in [0.3, 0.4) is 0 Å². The number of hydrogen-bond acceptors (Lipinski definition) is 4. The molecule has 0 unspecified atom stereocenters. The molecule has 0 amide bonds. The van der Waals surface area contributed by atoms with Gasteiger partial charge in [-0.1, -0.05) is 35.5 Å². The maximum Gasteiger partial charge on any atom is 0.212 e. The lowest BCUT2D eigenvalue weighted by molar-refractivity contribution is -0.134. The third-order valence-corrected chi connectivity index (χ3v) is 5.93. The van der Waals surface area contributed by atoms with Gasteiger partial charge >= 0.3 is 0 Å². The highest BCUT2D eigenvalue weighted by atomic mass is 32.2. The van der Waals surface area contributed by atoms with Gasteiger partial charge in [-0.25, -0.2) is 0 Å². The standard InChI is InChI=1S/C21H26O3S/c1-14-11-15(2)17(16(3)12-14)13-25-20(24)7-5-6-10-21(4)18(22)8-9-19(21)23/h5,7,11-12H,6,8-10,13H2,1-4H3/b7-5+. The summed E-state index contributed by atoms with van der Waals surface area (Å²) in [4.78, 5) is 35.8. The molecule has 0 spiro atoms. The lowest BCUT2D eigenvalue weighted by atomic mass is 9.82. The highest BCUT2D eigenvalue weighted by molar-refractivity contribution is 8.13. The van der Waals surface area contributed by atoms with Gasteiger partial charge in [-0.05, 0) is 63.3 Å². The van der Waals surface area contributed by atoms with E-state index in [1.165, 1.54) is 34.0 Å². The minimum absolute atomic E-state index is 0.00797. The minimum atomic E-state index is -0.837. The molecule has 3 nitrogen and oxygen atoms in total. The zero-order chi connectivity index (χ0) is 18.6. The van der Waals surface area contributed by atoms with E-state index in [9.17, 15) is 14.4 Å². The van der Waals surface area contributed by atoms with E-state index in [1.54, 1.807) is 19.1 Å². The third kappa shape index (κ3) is 4.69. The molecule has 1 aromatic carbocycles. The Morgan fingerprint density at radius 1 is 1.12 bits per heavy atom. The number of allylic oxidation sites excluding steroid dienone is 1. The van der Waals surface area contributed by atoms with Crippen LogP contribution >= 0.6 is 11.8 Å². The Morgan fingerprint density at radius 2 is 1.68 bits per heavy atom. The molecule has 0 aliphatic heterocycles. The molecule has 25 heavy (non-hydrogen) atoms. The molecule has 4 heteroatoms. The van der Waals surface area contributed by atoms with E-state index in [0.717, 1.165) is 0 Å². The van der Waals surface area contributed by atoms with Gasteiger partial charge in [0.2, 0.25) is 5.12 Å². The van der Waals surface area contributed by atoms with Gasteiger partial charge < -0.3 is 0 Å². The number of benzene rings is 1. The highest BCUT2D eigenvalue weighted by Gasteiger charge is 2.44. The van der Waals surface area contributed by atoms with Crippen molar-refractivity contribution in [2.45, 2.75) is 59.1 Å². The second kappa shape index (κ2) is 8.13. The largest absolute Gasteiger partial charge is 0.299 e. The van der Waals surface area contributed by atoms with Crippen LogP contribution in [0.4, 0.5) is 0 Å². The van der Waals surface area contributed by atoms with Crippen molar-refractivity contribution in [3.05, 3.63) is 46.5 Å². The van der Waals surface area contributed by atoms with Crippen molar-refractivity contribution < 1.29 is 14.4 Å². The maximum absolute atomic E-state index is 12.1. The van der Waals surface area contributed by atoms with Gasteiger partial charge in [0.25, 0.3) is 0 Å². The Morgan fingerprint density at radius 3 is 2.24 bits per heavy atom. The Balaban J connectivity index is 1.84. The van der Waals surface area contributed by atoms with Gasteiger partial charge in [-0.2, -0.15) is 0 Å². The Hall–Kier alpha value is -1.68. The van der Waals surface area contributed by atoms with Crippen LogP contribution in [-0.4, -0.2) is 16.7 Å². The lowest BCUT2D eigenvalue weighted by Gasteiger charge is -2.18. The van der Waals surface area contributed by atoms with E-state index < -0.39 is 5.41 Å². The van der Waals surface area contributed by atoms with Crippen LogP contribution in [0.1, 0.15) is 54.9 Å². The summed E-state index contributed by atoms with van der Waals surface area (Å²) in [6.45, 7) is 7.96. The summed E-state index contributed by atoms with van der Waals surface area (Å²) in [5.41, 5.74) is 4.05.